The van der Waals surface area contributed by atoms with E-state index in [1.54, 1.807) is 25.3 Å². The van der Waals surface area contributed by atoms with Gasteiger partial charge in [0.1, 0.15) is 11.5 Å². The lowest BCUT2D eigenvalue weighted by Gasteiger charge is -2.30. The van der Waals surface area contributed by atoms with Gasteiger partial charge in [-0.1, -0.05) is 13.8 Å². The van der Waals surface area contributed by atoms with Crippen molar-refractivity contribution in [3.8, 4) is 11.5 Å². The van der Waals surface area contributed by atoms with E-state index in [4.69, 9.17) is 9.47 Å². The zero-order valence-corrected chi connectivity index (χ0v) is 17.5. The number of hydrogen-bond acceptors (Lipinski definition) is 4. The summed E-state index contributed by atoms with van der Waals surface area (Å²) in [5.41, 5.74) is 3.15. The van der Waals surface area contributed by atoms with Gasteiger partial charge in [-0.05, 0) is 54.7 Å². The van der Waals surface area contributed by atoms with Crippen LogP contribution in [0, 0.1) is 5.92 Å². The van der Waals surface area contributed by atoms with E-state index in [1.165, 1.54) is 7.11 Å². The van der Waals surface area contributed by atoms with Gasteiger partial charge in [0.15, 0.2) is 0 Å². The third-order valence-corrected chi connectivity index (χ3v) is 5.12. The molecular formula is C23H28N2O4. The van der Waals surface area contributed by atoms with Crippen molar-refractivity contribution in [2.45, 2.75) is 33.1 Å². The van der Waals surface area contributed by atoms with Gasteiger partial charge < -0.3 is 19.7 Å². The highest BCUT2D eigenvalue weighted by Crippen LogP contribution is 2.31. The number of hydrogen-bond donors (Lipinski definition) is 1. The van der Waals surface area contributed by atoms with Crippen LogP contribution in [-0.2, 0) is 11.2 Å². The Hall–Kier alpha value is -3.02. The Bertz CT molecular complexity index is 908. The number of nitrogens with one attached hydrogen (secondary N) is 1. The lowest BCUT2D eigenvalue weighted by atomic mass is 9.99. The number of fused-ring (bicyclic) bond motifs is 1. The molecule has 1 aliphatic rings. The van der Waals surface area contributed by atoms with Gasteiger partial charge in [0.2, 0.25) is 5.91 Å². The number of amides is 2. The molecule has 1 N–H and O–H groups in total. The van der Waals surface area contributed by atoms with Crippen LogP contribution in [0.25, 0.3) is 0 Å². The molecule has 1 aliphatic heterocycles. The van der Waals surface area contributed by atoms with Crippen molar-refractivity contribution in [1.29, 1.82) is 0 Å². The van der Waals surface area contributed by atoms with Crippen molar-refractivity contribution in [2.75, 3.05) is 31.0 Å². The number of ether oxygens (including phenoxy) is 2. The molecule has 0 saturated heterocycles. The minimum Gasteiger partial charge on any atom is -0.497 e. The number of nitrogens with zero attached hydrogens (tertiary/aromatic N) is 1. The fourth-order valence-electron chi connectivity index (χ4n) is 3.45. The maximum absolute atomic E-state index is 12.8. The first-order valence-corrected chi connectivity index (χ1v) is 9.89. The van der Waals surface area contributed by atoms with Crippen molar-refractivity contribution in [2.24, 2.45) is 5.92 Å². The van der Waals surface area contributed by atoms with Crippen molar-refractivity contribution >= 4 is 23.2 Å². The number of carbonyl (C=O) groups excluding carboxylic acids is 2. The van der Waals surface area contributed by atoms with Gasteiger partial charge in [-0.15, -0.1) is 0 Å². The summed E-state index contributed by atoms with van der Waals surface area (Å²) in [6.45, 7) is 5.03. The number of rotatable bonds is 7. The summed E-state index contributed by atoms with van der Waals surface area (Å²) in [5, 5.41) is 2.93. The Balaban J connectivity index is 1.80. The molecule has 0 aromatic heterocycles. The number of aryl methyl sites for hydroxylation is 1. The highest BCUT2D eigenvalue weighted by Gasteiger charge is 2.24. The first-order valence-electron chi connectivity index (χ1n) is 9.89. The van der Waals surface area contributed by atoms with E-state index in [0.717, 1.165) is 24.2 Å². The highest BCUT2D eigenvalue weighted by molar-refractivity contribution is 6.06. The van der Waals surface area contributed by atoms with Crippen LogP contribution in [0.1, 0.15) is 42.6 Å². The van der Waals surface area contributed by atoms with Gasteiger partial charge >= 0.3 is 0 Å². The SMILES string of the molecule is COc1ccc(C(=O)Nc2ccc3c(c2)CCC(=O)N3CCC(C)C)c(OC)c1. The summed E-state index contributed by atoms with van der Waals surface area (Å²) in [6.07, 6.45) is 2.14. The van der Waals surface area contributed by atoms with Crippen molar-refractivity contribution in [3.05, 3.63) is 47.5 Å². The molecule has 0 fully saturated rings. The Morgan fingerprint density at radius 3 is 2.59 bits per heavy atom. The quantitative estimate of drug-likeness (QED) is 0.758. The summed E-state index contributed by atoms with van der Waals surface area (Å²) in [6, 6.07) is 10.8. The third kappa shape index (κ3) is 4.70. The van der Waals surface area contributed by atoms with Crippen LogP contribution in [0.15, 0.2) is 36.4 Å². The van der Waals surface area contributed by atoms with Crippen molar-refractivity contribution in [1.82, 2.24) is 0 Å². The summed E-state index contributed by atoms with van der Waals surface area (Å²) in [7, 11) is 3.09. The topological polar surface area (TPSA) is 67.9 Å². The number of anilines is 2. The molecule has 0 atom stereocenters. The van der Waals surface area contributed by atoms with Gasteiger partial charge in [0, 0.05) is 30.4 Å². The minimum absolute atomic E-state index is 0.165. The largest absolute Gasteiger partial charge is 0.497 e. The average molecular weight is 396 g/mol. The van der Waals surface area contributed by atoms with Crippen molar-refractivity contribution < 1.29 is 19.1 Å². The molecule has 0 bridgehead atoms. The van der Waals surface area contributed by atoms with E-state index in [9.17, 15) is 9.59 Å². The zero-order chi connectivity index (χ0) is 21.0. The van der Waals surface area contributed by atoms with E-state index < -0.39 is 0 Å². The maximum atomic E-state index is 12.8. The summed E-state index contributed by atoms with van der Waals surface area (Å²) < 4.78 is 10.5. The lowest BCUT2D eigenvalue weighted by molar-refractivity contribution is -0.118. The molecule has 29 heavy (non-hydrogen) atoms. The Kier molecular flexibility index (Phi) is 6.42. The van der Waals surface area contributed by atoms with Crippen LogP contribution in [0.3, 0.4) is 0 Å². The molecule has 0 radical (unpaired) electrons. The molecule has 154 valence electrons. The Morgan fingerprint density at radius 1 is 1.10 bits per heavy atom. The van der Waals surface area contributed by atoms with Gasteiger partial charge in [0.05, 0.1) is 19.8 Å². The van der Waals surface area contributed by atoms with Crippen LogP contribution in [0.5, 0.6) is 11.5 Å². The molecule has 0 aliphatic carbocycles. The minimum atomic E-state index is -0.256. The maximum Gasteiger partial charge on any atom is 0.259 e. The first kappa shape index (κ1) is 20.7. The molecule has 0 spiro atoms. The fraction of sp³-hybridized carbons (Fsp3) is 0.391. The molecule has 2 amide bonds. The number of benzene rings is 2. The molecule has 0 unspecified atom stereocenters. The van der Waals surface area contributed by atoms with Crippen LogP contribution in [0.4, 0.5) is 11.4 Å². The highest BCUT2D eigenvalue weighted by atomic mass is 16.5. The normalized spacial score (nSPS) is 13.3. The Labute approximate surface area is 171 Å². The molecule has 1 heterocycles. The van der Waals surface area contributed by atoms with Crippen LogP contribution in [-0.4, -0.2) is 32.6 Å². The molecule has 2 aromatic carbocycles. The monoisotopic (exact) mass is 396 g/mol. The predicted molar refractivity (Wildman–Crippen MR) is 114 cm³/mol. The smallest absolute Gasteiger partial charge is 0.259 e. The second kappa shape index (κ2) is 8.99. The molecule has 6 heteroatoms. The standard InChI is InChI=1S/C23H28N2O4/c1-15(2)11-12-25-20-9-6-17(13-16(20)5-10-22(25)26)24-23(27)19-8-7-18(28-3)14-21(19)29-4/h6-9,13-15H,5,10-12H2,1-4H3,(H,24,27). The average Bonchev–Trinajstić information content (AvgIpc) is 2.72. The van der Waals surface area contributed by atoms with E-state index in [0.29, 0.717) is 41.5 Å². The molecule has 3 rings (SSSR count). The fourth-order valence-corrected chi connectivity index (χ4v) is 3.45. The van der Waals surface area contributed by atoms with Gasteiger partial charge in [-0.2, -0.15) is 0 Å². The van der Waals surface area contributed by atoms with E-state index >= 15 is 0 Å². The van der Waals surface area contributed by atoms with E-state index in [2.05, 4.69) is 19.2 Å². The zero-order valence-electron chi connectivity index (χ0n) is 17.5. The van der Waals surface area contributed by atoms with Gasteiger partial charge in [-0.3, -0.25) is 9.59 Å². The molecule has 0 saturated carbocycles. The number of carbonyl (C=O) groups is 2. The Morgan fingerprint density at radius 2 is 1.90 bits per heavy atom. The second-order valence-electron chi connectivity index (χ2n) is 7.59. The second-order valence-corrected chi connectivity index (χ2v) is 7.59. The first-order chi connectivity index (χ1) is 13.9. The predicted octanol–water partition coefficient (Wildman–Crippen LogP) is 4.28. The third-order valence-electron chi connectivity index (χ3n) is 5.12. The summed E-state index contributed by atoms with van der Waals surface area (Å²) in [4.78, 5) is 27.0. The summed E-state index contributed by atoms with van der Waals surface area (Å²) in [5.74, 6) is 1.51. The van der Waals surface area contributed by atoms with Gasteiger partial charge in [-0.25, -0.2) is 0 Å². The molecular weight excluding hydrogens is 368 g/mol. The summed E-state index contributed by atoms with van der Waals surface area (Å²) >= 11 is 0. The van der Waals surface area contributed by atoms with E-state index in [-0.39, 0.29) is 11.8 Å². The molecule has 6 nitrogen and oxygen atoms in total. The van der Waals surface area contributed by atoms with Crippen molar-refractivity contribution in [3.63, 3.8) is 0 Å². The molecule has 2 aromatic rings. The van der Waals surface area contributed by atoms with Crippen LogP contribution >= 0.6 is 0 Å². The van der Waals surface area contributed by atoms with Crippen LogP contribution < -0.4 is 19.7 Å². The lowest BCUT2D eigenvalue weighted by Crippen LogP contribution is -2.36. The van der Waals surface area contributed by atoms with Crippen LogP contribution in [0.2, 0.25) is 0 Å². The van der Waals surface area contributed by atoms with E-state index in [1.807, 2.05) is 23.1 Å². The number of methoxy groups -OCH3 is 2. The van der Waals surface area contributed by atoms with Gasteiger partial charge in [0.25, 0.3) is 5.91 Å².